The fourth-order valence-corrected chi connectivity index (χ4v) is 4.25. The first-order valence-corrected chi connectivity index (χ1v) is 10.7. The fourth-order valence-electron chi connectivity index (χ4n) is 4.25. The number of amides is 4. The van der Waals surface area contributed by atoms with E-state index in [1.54, 1.807) is 17.0 Å². The number of carbonyl (C=O) groups excluding carboxylic acids is 3. The number of anilines is 2. The smallest absolute Gasteiger partial charge is 0.321 e. The van der Waals surface area contributed by atoms with E-state index in [1.165, 1.54) is 11.0 Å². The van der Waals surface area contributed by atoms with Gasteiger partial charge in [-0.05, 0) is 50.1 Å². The lowest BCUT2D eigenvalue weighted by Gasteiger charge is -2.36. The molecule has 0 aliphatic carbocycles. The lowest BCUT2D eigenvalue weighted by atomic mass is 10.0. The van der Waals surface area contributed by atoms with E-state index in [1.807, 2.05) is 20.8 Å². The number of nitrogens with two attached hydrogens (primary N) is 1. The maximum absolute atomic E-state index is 13.2. The van der Waals surface area contributed by atoms with Gasteiger partial charge in [-0.1, -0.05) is 6.07 Å². The second kappa shape index (κ2) is 8.49. The van der Waals surface area contributed by atoms with Crippen LogP contribution in [0, 0.1) is 20.8 Å². The quantitative estimate of drug-likeness (QED) is 0.756. The maximum Gasteiger partial charge on any atom is 0.321 e. The second-order valence-electron chi connectivity index (χ2n) is 8.29. The zero-order valence-corrected chi connectivity index (χ0v) is 18.6. The summed E-state index contributed by atoms with van der Waals surface area (Å²) in [6, 6.07) is 6.70. The van der Waals surface area contributed by atoms with Crippen molar-refractivity contribution >= 4 is 29.4 Å². The highest BCUT2D eigenvalue weighted by Gasteiger charge is 2.28. The van der Waals surface area contributed by atoms with Crippen LogP contribution < -0.4 is 20.9 Å². The van der Waals surface area contributed by atoms with Crippen molar-refractivity contribution in [1.29, 1.82) is 0 Å². The molecule has 2 saturated heterocycles. The van der Waals surface area contributed by atoms with Crippen LogP contribution in [0.25, 0.3) is 0 Å². The Hall–Kier alpha value is -3.62. The Morgan fingerprint density at radius 1 is 0.969 bits per heavy atom. The van der Waals surface area contributed by atoms with Crippen molar-refractivity contribution in [3.05, 3.63) is 52.2 Å². The number of carbonyl (C=O) groups is 3. The summed E-state index contributed by atoms with van der Waals surface area (Å²) >= 11 is 0. The van der Waals surface area contributed by atoms with Gasteiger partial charge in [0.25, 0.3) is 5.91 Å². The van der Waals surface area contributed by atoms with Crippen LogP contribution in [0.4, 0.5) is 16.3 Å². The summed E-state index contributed by atoms with van der Waals surface area (Å²) in [5, 5.41) is 2.72. The first kappa shape index (κ1) is 21.6. The molecule has 2 fully saturated rings. The van der Waals surface area contributed by atoms with E-state index in [2.05, 4.69) is 16.3 Å². The molecule has 2 aromatic rings. The molecule has 1 aromatic heterocycles. The molecule has 32 heavy (non-hydrogen) atoms. The van der Waals surface area contributed by atoms with E-state index in [4.69, 9.17) is 10.7 Å². The molecule has 1 aromatic carbocycles. The first-order valence-electron chi connectivity index (χ1n) is 10.7. The van der Waals surface area contributed by atoms with E-state index in [0.29, 0.717) is 45.0 Å². The normalized spacial score (nSPS) is 16.3. The Morgan fingerprint density at radius 2 is 1.69 bits per heavy atom. The van der Waals surface area contributed by atoms with Crippen LogP contribution in [0.1, 0.15) is 37.5 Å². The van der Waals surface area contributed by atoms with Crippen molar-refractivity contribution in [2.45, 2.75) is 20.8 Å². The number of hydrogen-bond acceptors (Lipinski definition) is 5. The number of aromatic nitrogens is 1. The Kier molecular flexibility index (Phi) is 5.73. The highest BCUT2D eigenvalue weighted by Crippen LogP contribution is 2.25. The van der Waals surface area contributed by atoms with Crippen molar-refractivity contribution in [3.8, 4) is 0 Å². The topological polar surface area (TPSA) is 112 Å². The van der Waals surface area contributed by atoms with E-state index in [9.17, 15) is 14.4 Å². The van der Waals surface area contributed by atoms with Gasteiger partial charge in [-0.2, -0.15) is 0 Å². The molecule has 4 amide bonds. The predicted molar refractivity (Wildman–Crippen MR) is 122 cm³/mol. The molecule has 3 heterocycles. The van der Waals surface area contributed by atoms with Crippen LogP contribution in [0.15, 0.2) is 24.3 Å². The highest BCUT2D eigenvalue weighted by molar-refractivity contribution is 6.08. The van der Waals surface area contributed by atoms with Gasteiger partial charge in [0, 0.05) is 50.6 Å². The molecular formula is C23H28N6O3. The SMILES string of the molecule is Cc1cc(C)c(N2CCN(C(=O)c3ccc(N4CCNC4=O)cc3C(N)=O)CC2)nc1C. The van der Waals surface area contributed by atoms with Crippen LogP contribution in [0.2, 0.25) is 0 Å². The average molecular weight is 437 g/mol. The molecule has 9 nitrogen and oxygen atoms in total. The van der Waals surface area contributed by atoms with Crippen molar-refractivity contribution in [2.24, 2.45) is 5.73 Å². The number of hydrogen-bond donors (Lipinski definition) is 2. The molecule has 0 spiro atoms. The Bertz CT molecular complexity index is 1090. The molecule has 3 N–H and O–H groups in total. The summed E-state index contributed by atoms with van der Waals surface area (Å²) in [6.45, 7) is 9.46. The number of nitrogens with one attached hydrogen (secondary N) is 1. The Morgan fingerprint density at radius 3 is 2.31 bits per heavy atom. The van der Waals surface area contributed by atoms with Crippen molar-refractivity contribution in [1.82, 2.24) is 15.2 Å². The summed E-state index contributed by atoms with van der Waals surface area (Å²) in [4.78, 5) is 47.5. The molecule has 2 aliphatic rings. The van der Waals surface area contributed by atoms with Gasteiger partial charge in [0.05, 0.1) is 11.1 Å². The lowest BCUT2D eigenvalue weighted by molar-refractivity contribution is 0.0741. The summed E-state index contributed by atoms with van der Waals surface area (Å²) in [5.74, 6) is 0.0234. The number of benzene rings is 1. The zero-order chi connectivity index (χ0) is 23.0. The zero-order valence-electron chi connectivity index (χ0n) is 18.6. The number of primary amides is 1. The van der Waals surface area contributed by atoms with Crippen molar-refractivity contribution in [3.63, 3.8) is 0 Å². The third kappa shape index (κ3) is 3.98. The maximum atomic E-state index is 13.2. The minimum absolute atomic E-state index is 0.126. The van der Waals surface area contributed by atoms with Crippen LogP contribution in [0.3, 0.4) is 0 Å². The van der Waals surface area contributed by atoms with Crippen LogP contribution in [0.5, 0.6) is 0 Å². The molecule has 0 bridgehead atoms. The van der Waals surface area contributed by atoms with Crippen LogP contribution in [-0.2, 0) is 0 Å². The van der Waals surface area contributed by atoms with E-state index < -0.39 is 5.91 Å². The fraction of sp³-hybridized carbons (Fsp3) is 0.391. The molecule has 9 heteroatoms. The third-order valence-corrected chi connectivity index (χ3v) is 6.16. The predicted octanol–water partition coefficient (Wildman–Crippen LogP) is 1.60. The monoisotopic (exact) mass is 436 g/mol. The van der Waals surface area contributed by atoms with Gasteiger partial charge in [-0.3, -0.25) is 14.5 Å². The minimum Gasteiger partial charge on any atom is -0.366 e. The number of rotatable bonds is 4. The van der Waals surface area contributed by atoms with Gasteiger partial charge in [0.15, 0.2) is 0 Å². The van der Waals surface area contributed by atoms with Crippen molar-refractivity contribution in [2.75, 3.05) is 49.1 Å². The summed E-state index contributed by atoms with van der Waals surface area (Å²) < 4.78 is 0. The largest absolute Gasteiger partial charge is 0.366 e. The molecular weight excluding hydrogens is 408 g/mol. The Labute approximate surface area is 187 Å². The second-order valence-corrected chi connectivity index (χ2v) is 8.29. The highest BCUT2D eigenvalue weighted by atomic mass is 16.2. The molecule has 0 atom stereocenters. The standard InChI is InChI=1S/C23H28N6O3/c1-14-12-15(2)21(26-16(14)3)27-8-10-28(11-9-27)22(31)18-5-4-17(13-19(18)20(24)30)29-7-6-25-23(29)32/h4-5,12-13H,6-11H2,1-3H3,(H2,24,30)(H,25,32). The minimum atomic E-state index is -0.691. The molecule has 0 saturated carbocycles. The lowest BCUT2D eigenvalue weighted by Crippen LogP contribution is -2.49. The molecule has 0 radical (unpaired) electrons. The van der Waals surface area contributed by atoms with Gasteiger partial charge in [0.1, 0.15) is 5.82 Å². The summed E-state index contributed by atoms with van der Waals surface area (Å²) in [5.41, 5.74) is 9.79. The van der Waals surface area contributed by atoms with Gasteiger partial charge < -0.3 is 20.9 Å². The molecule has 0 unspecified atom stereocenters. The number of nitrogens with zero attached hydrogens (tertiary/aromatic N) is 4. The first-order chi connectivity index (χ1) is 15.3. The van der Waals surface area contributed by atoms with Crippen LogP contribution >= 0.6 is 0 Å². The third-order valence-electron chi connectivity index (χ3n) is 6.16. The van der Waals surface area contributed by atoms with E-state index in [-0.39, 0.29) is 23.1 Å². The summed E-state index contributed by atoms with van der Waals surface area (Å²) in [6.07, 6.45) is 0. The van der Waals surface area contributed by atoms with Gasteiger partial charge >= 0.3 is 6.03 Å². The Balaban J connectivity index is 1.51. The number of pyridine rings is 1. The van der Waals surface area contributed by atoms with E-state index >= 15 is 0 Å². The number of aryl methyl sites for hydroxylation is 3. The van der Waals surface area contributed by atoms with Crippen LogP contribution in [-0.4, -0.2) is 67.0 Å². The number of piperazine rings is 1. The van der Waals surface area contributed by atoms with E-state index in [0.717, 1.165) is 22.6 Å². The molecule has 4 rings (SSSR count). The number of urea groups is 1. The average Bonchev–Trinajstić information content (AvgIpc) is 3.21. The van der Waals surface area contributed by atoms with Gasteiger partial charge in [0.2, 0.25) is 5.91 Å². The van der Waals surface area contributed by atoms with Gasteiger partial charge in [-0.25, -0.2) is 9.78 Å². The molecule has 2 aliphatic heterocycles. The molecule has 168 valence electrons. The summed E-state index contributed by atoms with van der Waals surface area (Å²) in [7, 11) is 0. The van der Waals surface area contributed by atoms with Crippen molar-refractivity contribution < 1.29 is 14.4 Å². The van der Waals surface area contributed by atoms with Gasteiger partial charge in [-0.15, -0.1) is 0 Å².